The Balaban J connectivity index is 1.56. The highest BCUT2D eigenvalue weighted by Crippen LogP contribution is 2.34. The number of carbonyl (C=O) groups is 1. The van der Waals surface area contributed by atoms with Crippen molar-refractivity contribution in [2.45, 2.75) is 44.9 Å². The summed E-state index contributed by atoms with van der Waals surface area (Å²) in [5, 5.41) is 7.98. The number of carbonyl (C=O) groups excluding carboxylic acids is 1. The number of morpholine rings is 1. The molecular weight excluding hydrogens is 396 g/mol. The van der Waals surface area contributed by atoms with Gasteiger partial charge in [0.05, 0.1) is 23.8 Å². The Morgan fingerprint density at radius 1 is 1.16 bits per heavy atom. The van der Waals surface area contributed by atoms with E-state index in [2.05, 4.69) is 29.2 Å². The van der Waals surface area contributed by atoms with E-state index in [9.17, 15) is 4.79 Å². The van der Waals surface area contributed by atoms with Crippen LogP contribution in [0, 0.1) is 0 Å². The van der Waals surface area contributed by atoms with Crippen molar-refractivity contribution in [2.75, 3.05) is 25.0 Å². The van der Waals surface area contributed by atoms with E-state index < -0.39 is 6.09 Å². The van der Waals surface area contributed by atoms with Crippen molar-refractivity contribution in [1.82, 2.24) is 25.1 Å². The van der Waals surface area contributed by atoms with Crippen LogP contribution >= 0.6 is 0 Å². The lowest BCUT2D eigenvalue weighted by Crippen LogP contribution is -2.43. The molecule has 0 radical (unpaired) electrons. The fourth-order valence-electron chi connectivity index (χ4n) is 4.28. The van der Waals surface area contributed by atoms with Gasteiger partial charge in [-0.3, -0.25) is 0 Å². The maximum atomic E-state index is 11.4. The molecule has 2 unspecified atom stereocenters. The molecule has 2 aromatic heterocycles. The van der Waals surface area contributed by atoms with Crippen molar-refractivity contribution >= 4 is 22.9 Å². The first-order valence-corrected chi connectivity index (χ1v) is 10.7. The van der Waals surface area contributed by atoms with E-state index in [1.54, 1.807) is 12.1 Å². The minimum absolute atomic E-state index is 0.178. The fourth-order valence-corrected chi connectivity index (χ4v) is 4.28. The monoisotopic (exact) mass is 422 g/mol. The van der Waals surface area contributed by atoms with E-state index in [-0.39, 0.29) is 18.2 Å². The average Bonchev–Trinajstić information content (AvgIpc) is 3.36. The molecule has 2 aliphatic heterocycles. The first-order valence-electron chi connectivity index (χ1n) is 10.7. The van der Waals surface area contributed by atoms with E-state index in [1.165, 1.54) is 7.05 Å². The first-order chi connectivity index (χ1) is 15.0. The summed E-state index contributed by atoms with van der Waals surface area (Å²) in [5.74, 6) is 1.98. The molecule has 9 nitrogen and oxygen atoms in total. The number of rotatable bonds is 4. The maximum absolute atomic E-state index is 11.4. The van der Waals surface area contributed by atoms with Gasteiger partial charge in [0, 0.05) is 31.7 Å². The molecule has 1 N–H and O–H groups in total. The second-order valence-electron chi connectivity index (χ2n) is 8.32. The summed E-state index contributed by atoms with van der Waals surface area (Å²) >= 11 is 0. The van der Waals surface area contributed by atoms with Crippen LogP contribution in [-0.2, 0) is 4.74 Å². The zero-order valence-electron chi connectivity index (χ0n) is 17.9. The molecule has 1 amide bonds. The summed E-state index contributed by atoms with van der Waals surface area (Å²) in [6.45, 7) is 5.84. The second kappa shape index (κ2) is 7.81. The van der Waals surface area contributed by atoms with Gasteiger partial charge in [-0.25, -0.2) is 19.4 Å². The Morgan fingerprint density at radius 3 is 2.52 bits per heavy atom. The third-order valence-corrected chi connectivity index (χ3v) is 5.79. The number of ether oxygens (including phenoxy) is 2. The van der Waals surface area contributed by atoms with Crippen molar-refractivity contribution in [3.05, 3.63) is 30.5 Å². The quantitative estimate of drug-likeness (QED) is 0.690. The number of amides is 1. The van der Waals surface area contributed by atoms with Gasteiger partial charge in [0.15, 0.2) is 11.5 Å². The third kappa shape index (κ3) is 3.69. The van der Waals surface area contributed by atoms with Crippen molar-refractivity contribution < 1.29 is 14.3 Å². The maximum Gasteiger partial charge on any atom is 0.412 e. The molecule has 0 aliphatic carbocycles. The van der Waals surface area contributed by atoms with Gasteiger partial charge in [-0.15, -0.1) is 0 Å². The van der Waals surface area contributed by atoms with Crippen LogP contribution in [0.5, 0.6) is 5.75 Å². The molecule has 0 spiro atoms. The normalized spacial score (nSPS) is 20.5. The fraction of sp³-hybridized carbons (Fsp3) is 0.455. The molecular formula is C22H26N6O3. The molecule has 4 heterocycles. The van der Waals surface area contributed by atoms with Gasteiger partial charge in [0.2, 0.25) is 0 Å². The topological polar surface area (TPSA) is 94.4 Å². The number of aromatic nitrogens is 4. The molecule has 2 atom stereocenters. The predicted molar refractivity (Wildman–Crippen MR) is 116 cm³/mol. The van der Waals surface area contributed by atoms with E-state index in [1.807, 2.05) is 23.0 Å². The van der Waals surface area contributed by atoms with E-state index >= 15 is 0 Å². The molecule has 9 heteroatoms. The Labute approximate surface area is 180 Å². The Kier molecular flexibility index (Phi) is 4.97. The van der Waals surface area contributed by atoms with Crippen LogP contribution in [0.4, 0.5) is 10.6 Å². The minimum Gasteiger partial charge on any atom is -0.410 e. The number of hydrogen-bond acceptors (Lipinski definition) is 7. The number of anilines is 1. The van der Waals surface area contributed by atoms with Crippen LogP contribution in [-0.4, -0.2) is 58.2 Å². The molecule has 162 valence electrons. The van der Waals surface area contributed by atoms with Crippen molar-refractivity contribution in [1.29, 1.82) is 0 Å². The van der Waals surface area contributed by atoms with Crippen molar-refractivity contribution in [2.24, 2.45) is 0 Å². The lowest BCUT2D eigenvalue weighted by Gasteiger charge is -2.33. The van der Waals surface area contributed by atoms with E-state index in [0.29, 0.717) is 11.6 Å². The number of hydrogen-bond donors (Lipinski definition) is 1. The van der Waals surface area contributed by atoms with Crippen LogP contribution in [0.2, 0.25) is 0 Å². The Hall–Kier alpha value is -3.20. The Bertz CT molecular complexity index is 1100. The summed E-state index contributed by atoms with van der Waals surface area (Å²) in [6, 6.07) is 7.39. The SMILES string of the molecule is CNC(=O)Oc1ccc(-c2nc(N3CC4CCC(C3)O4)c3cnn(C(C)C)c3n2)cc1. The van der Waals surface area contributed by atoms with Crippen LogP contribution in [0.1, 0.15) is 32.7 Å². The highest BCUT2D eigenvalue weighted by molar-refractivity contribution is 5.89. The molecule has 2 aliphatic rings. The van der Waals surface area contributed by atoms with Crippen LogP contribution in [0.3, 0.4) is 0 Å². The number of benzene rings is 1. The van der Waals surface area contributed by atoms with Gasteiger partial charge in [0.1, 0.15) is 11.6 Å². The third-order valence-electron chi connectivity index (χ3n) is 5.79. The van der Waals surface area contributed by atoms with Crippen molar-refractivity contribution in [3.63, 3.8) is 0 Å². The zero-order chi connectivity index (χ0) is 21.5. The van der Waals surface area contributed by atoms with E-state index in [4.69, 9.17) is 19.4 Å². The highest BCUT2D eigenvalue weighted by Gasteiger charge is 2.35. The van der Waals surface area contributed by atoms with Crippen LogP contribution in [0.25, 0.3) is 22.4 Å². The van der Waals surface area contributed by atoms with Crippen molar-refractivity contribution in [3.8, 4) is 17.1 Å². The van der Waals surface area contributed by atoms with Gasteiger partial charge in [-0.2, -0.15) is 5.10 Å². The predicted octanol–water partition coefficient (Wildman–Crippen LogP) is 3.16. The van der Waals surface area contributed by atoms with Crippen LogP contribution in [0.15, 0.2) is 30.5 Å². The van der Waals surface area contributed by atoms with Gasteiger partial charge < -0.3 is 19.7 Å². The molecule has 0 saturated carbocycles. The lowest BCUT2D eigenvalue weighted by atomic mass is 10.2. The minimum atomic E-state index is -0.504. The number of nitrogens with one attached hydrogen (secondary N) is 1. The van der Waals surface area contributed by atoms with Gasteiger partial charge in [-0.05, 0) is 51.0 Å². The van der Waals surface area contributed by atoms with Gasteiger partial charge in [0.25, 0.3) is 0 Å². The highest BCUT2D eigenvalue weighted by atomic mass is 16.6. The Morgan fingerprint density at radius 2 is 1.87 bits per heavy atom. The summed E-state index contributed by atoms with van der Waals surface area (Å²) in [7, 11) is 1.52. The van der Waals surface area contributed by atoms with Crippen LogP contribution < -0.4 is 15.0 Å². The molecule has 3 aromatic rings. The molecule has 2 saturated heterocycles. The largest absolute Gasteiger partial charge is 0.412 e. The summed E-state index contributed by atoms with van der Waals surface area (Å²) in [4.78, 5) is 23.6. The number of fused-ring (bicyclic) bond motifs is 3. The average molecular weight is 422 g/mol. The number of nitrogens with zero attached hydrogens (tertiary/aromatic N) is 5. The molecule has 31 heavy (non-hydrogen) atoms. The smallest absolute Gasteiger partial charge is 0.410 e. The molecule has 2 fully saturated rings. The lowest BCUT2D eigenvalue weighted by molar-refractivity contribution is 0.0303. The van der Waals surface area contributed by atoms with Gasteiger partial charge >= 0.3 is 6.09 Å². The molecule has 5 rings (SSSR count). The summed E-state index contributed by atoms with van der Waals surface area (Å²) in [6.07, 6.45) is 4.07. The summed E-state index contributed by atoms with van der Waals surface area (Å²) in [5.41, 5.74) is 1.67. The summed E-state index contributed by atoms with van der Waals surface area (Å²) < 4.78 is 13.1. The standard InChI is InChI=1S/C22H26N6O3/c1-13(2)28-21-18(10-24-28)20(27-11-16-8-9-17(12-27)30-16)25-19(26-21)14-4-6-15(7-5-14)31-22(29)23-3/h4-7,10,13,16-17H,8-9,11-12H2,1-3H3,(H,23,29). The van der Waals surface area contributed by atoms with Gasteiger partial charge in [-0.1, -0.05) is 0 Å². The second-order valence-corrected chi connectivity index (χ2v) is 8.32. The molecule has 1 aromatic carbocycles. The zero-order valence-corrected chi connectivity index (χ0v) is 17.9. The molecule has 2 bridgehead atoms. The first kappa shape index (κ1) is 19.7. The van der Waals surface area contributed by atoms with E-state index in [0.717, 1.165) is 48.3 Å².